The van der Waals surface area contributed by atoms with E-state index in [4.69, 9.17) is 0 Å². The van der Waals surface area contributed by atoms with E-state index in [1.165, 1.54) is 25.0 Å². The molecule has 0 amide bonds. The molecule has 0 aliphatic carbocycles. The van der Waals surface area contributed by atoms with Gasteiger partial charge < -0.3 is 0 Å². The second kappa shape index (κ2) is 2.10. The van der Waals surface area contributed by atoms with Gasteiger partial charge in [0.15, 0.2) is 0 Å². The number of hydrogen-bond donors (Lipinski definition) is 0. The van der Waals surface area contributed by atoms with E-state index < -0.39 is 0 Å². The number of hydrogen-bond acceptors (Lipinski definition) is 1. The third-order valence-electron chi connectivity index (χ3n) is 0. The van der Waals surface area contributed by atoms with Crippen LogP contribution in [0, 0.1) is 0 Å². The molecule has 4 heavy (non-hydrogen) atoms. The minimum absolute atomic E-state index is 1.47. The zero-order chi connectivity index (χ0) is 3.58. The average Bonchev–Trinajstić information content (AvgIpc) is 0.811. The number of nitrogens with zero attached hydrogens (tertiary/aromatic N) is 1. The first-order chi connectivity index (χ1) is 1.73. The first kappa shape index (κ1) is 4.84. The molecule has 0 heterocycles. The molecule has 0 aliphatic rings. The van der Waals surface area contributed by atoms with Crippen LogP contribution in [0.4, 0.5) is 0 Å². The molecular weight excluding hydrogens is 129 g/mol. The molecule has 0 radical (unpaired) electrons. The molecule has 0 aromatic heterocycles. The fourth-order valence-electron chi connectivity index (χ4n) is 0. The molecule has 0 saturated heterocycles. The van der Waals surface area contributed by atoms with Gasteiger partial charge in [-0.1, -0.05) is 0 Å². The second-order valence-corrected chi connectivity index (χ2v) is 3.09. The Hall–Kier alpha value is 0.843. The zero-order valence-corrected chi connectivity index (χ0v) is 5.41. The molecule has 0 saturated carbocycles. The molecule has 2 heteroatoms. The molecule has 0 aromatic carbocycles. The topological polar surface area (TPSA) is 3.24 Å². The van der Waals surface area contributed by atoms with Crippen LogP contribution in [0.3, 0.4) is 0 Å². The van der Waals surface area contributed by atoms with Crippen molar-refractivity contribution in [1.29, 1.82) is 0 Å². The van der Waals surface area contributed by atoms with E-state index in [9.17, 15) is 0 Å². The van der Waals surface area contributed by atoms with Crippen molar-refractivity contribution in [3.63, 3.8) is 0 Å². The molecule has 0 rings (SSSR count). The van der Waals surface area contributed by atoms with Gasteiger partial charge in [-0.25, -0.2) is 0 Å². The van der Waals surface area contributed by atoms with E-state index in [1.54, 1.807) is 0 Å². The summed E-state index contributed by atoms with van der Waals surface area (Å²) in [6.07, 6.45) is 0. The normalized spacial score (nSPS) is 9.25. The van der Waals surface area contributed by atoms with Crippen molar-refractivity contribution in [3.05, 3.63) is 0 Å². The first-order valence-corrected chi connectivity index (χ1v) is 2.22. The van der Waals surface area contributed by atoms with E-state index in [0.29, 0.717) is 0 Å². The predicted molar refractivity (Wildman–Crippen MR) is 13.7 cm³/mol. The van der Waals surface area contributed by atoms with Crippen LogP contribution in [0.15, 0.2) is 0 Å². The van der Waals surface area contributed by atoms with Gasteiger partial charge in [0.25, 0.3) is 0 Å². The fourth-order valence-corrected chi connectivity index (χ4v) is 0. The van der Waals surface area contributed by atoms with Crippen LogP contribution in [0.25, 0.3) is 0 Å². The minimum atomic E-state index is 1.47. The van der Waals surface area contributed by atoms with Gasteiger partial charge in [0, 0.05) is 0 Å². The van der Waals surface area contributed by atoms with Gasteiger partial charge in [-0.2, -0.15) is 0 Å². The molecular formula is C2H6NZr+5. The van der Waals surface area contributed by atoms with Gasteiger partial charge in [-0.15, -0.1) is 0 Å². The summed E-state index contributed by atoms with van der Waals surface area (Å²) in [4.78, 5) is 0. The summed E-state index contributed by atoms with van der Waals surface area (Å²) in [6.45, 7) is 0. The van der Waals surface area contributed by atoms with Crippen LogP contribution in [0.5, 0.6) is 0 Å². The Morgan fingerprint density at radius 2 is 1.50 bits per heavy atom. The first-order valence-electron chi connectivity index (χ1n) is 1.12. The fraction of sp³-hybridized carbons (Fsp3) is 1.00. The van der Waals surface area contributed by atoms with Crippen molar-refractivity contribution in [2.45, 2.75) is 0 Å². The van der Waals surface area contributed by atoms with E-state index in [1.807, 2.05) is 14.1 Å². The quantitative estimate of drug-likeness (QED) is 0.452. The van der Waals surface area contributed by atoms with E-state index in [2.05, 4.69) is 2.84 Å². The molecule has 0 bridgehead atoms. The van der Waals surface area contributed by atoms with Gasteiger partial charge in [0.05, 0.1) is 0 Å². The van der Waals surface area contributed by atoms with Crippen LogP contribution in [0.2, 0.25) is 0 Å². The van der Waals surface area contributed by atoms with Crippen LogP contribution >= 0.6 is 0 Å². The van der Waals surface area contributed by atoms with Crippen molar-refractivity contribution >= 4 is 0 Å². The van der Waals surface area contributed by atoms with E-state index in [-0.39, 0.29) is 0 Å². The van der Waals surface area contributed by atoms with Gasteiger partial charge in [-0.3, -0.25) is 0 Å². The molecule has 1 nitrogen and oxygen atoms in total. The second-order valence-electron chi connectivity index (χ2n) is 0.894. The molecule has 0 atom stereocenters. The standard InChI is InChI=1S/C2H6N.Zr/c1-3-2;/h1-2H3;/q-1;+6. The Morgan fingerprint density at radius 3 is 1.50 bits per heavy atom. The summed E-state index contributed by atoms with van der Waals surface area (Å²) >= 11 is 1.47. The molecule has 0 aliphatic heterocycles. The predicted octanol–water partition coefficient (Wildman–Crippen LogP) is 0.00980. The third-order valence-corrected chi connectivity index (χ3v) is 0. The average molecular weight is 135 g/mol. The summed E-state index contributed by atoms with van der Waals surface area (Å²) in [5.74, 6) is 0. The molecule has 18 valence electrons. The zero-order valence-electron chi connectivity index (χ0n) is 2.95. The Bertz CT molecular complexity index is 10.8. The Labute approximate surface area is 42.2 Å². The van der Waals surface area contributed by atoms with E-state index >= 15 is 0 Å². The van der Waals surface area contributed by atoms with Crippen LogP contribution < -0.4 is 0 Å². The monoisotopic (exact) mass is 134 g/mol. The Kier molecular flexibility index (Phi) is 2.55. The van der Waals surface area contributed by atoms with Gasteiger partial charge in [0.1, 0.15) is 0 Å². The van der Waals surface area contributed by atoms with Crippen molar-refractivity contribution in [1.82, 2.24) is 2.84 Å². The van der Waals surface area contributed by atoms with Crippen molar-refractivity contribution < 1.29 is 25.0 Å². The molecule has 0 spiro atoms. The van der Waals surface area contributed by atoms with Crippen LogP contribution in [-0.2, 0) is 25.0 Å². The van der Waals surface area contributed by atoms with Gasteiger partial charge in [0.2, 0.25) is 0 Å². The Balaban J connectivity index is 2.32. The van der Waals surface area contributed by atoms with Crippen LogP contribution in [-0.4, -0.2) is 16.9 Å². The van der Waals surface area contributed by atoms with Gasteiger partial charge in [-0.05, 0) is 0 Å². The third kappa shape index (κ3) is 13.6. The van der Waals surface area contributed by atoms with Crippen molar-refractivity contribution in [3.8, 4) is 0 Å². The number of rotatable bonds is 0. The SMILES string of the molecule is C[N](C)[Zr+5]. The van der Waals surface area contributed by atoms with Crippen molar-refractivity contribution in [2.24, 2.45) is 0 Å². The molecule has 0 fully saturated rings. The summed E-state index contributed by atoms with van der Waals surface area (Å²) < 4.78 is 2.09. The summed E-state index contributed by atoms with van der Waals surface area (Å²) in [7, 11) is 4.08. The molecule has 0 N–H and O–H groups in total. The summed E-state index contributed by atoms with van der Waals surface area (Å²) in [6, 6.07) is 0. The Morgan fingerprint density at radius 1 is 1.50 bits per heavy atom. The maximum atomic E-state index is 2.09. The molecule has 0 aromatic rings. The van der Waals surface area contributed by atoms with Crippen LogP contribution in [0.1, 0.15) is 0 Å². The van der Waals surface area contributed by atoms with Crippen molar-refractivity contribution in [2.75, 3.05) is 14.1 Å². The van der Waals surface area contributed by atoms with E-state index in [0.717, 1.165) is 0 Å². The summed E-state index contributed by atoms with van der Waals surface area (Å²) in [5.41, 5.74) is 0. The molecule has 0 unspecified atom stereocenters. The van der Waals surface area contributed by atoms with Gasteiger partial charge >= 0.3 is 41.9 Å². The summed E-state index contributed by atoms with van der Waals surface area (Å²) in [5, 5.41) is 0. The maximum absolute atomic E-state index is 2.09.